The van der Waals surface area contributed by atoms with Gasteiger partial charge < -0.3 is 25.0 Å². The Morgan fingerprint density at radius 2 is 1.94 bits per heavy atom. The van der Waals surface area contributed by atoms with E-state index in [0.717, 1.165) is 30.0 Å². The Kier molecular flexibility index (Phi) is 13.1. The molecular formula is C23H34FIN4O2. The van der Waals surface area contributed by atoms with Crippen molar-refractivity contribution in [3.8, 4) is 5.75 Å². The number of anilines is 1. The molecule has 2 aromatic rings. The molecule has 2 rings (SSSR count). The van der Waals surface area contributed by atoms with Gasteiger partial charge in [-0.15, -0.1) is 24.0 Å². The Morgan fingerprint density at radius 3 is 2.65 bits per heavy atom. The number of methoxy groups -OCH3 is 1. The van der Waals surface area contributed by atoms with Gasteiger partial charge >= 0.3 is 0 Å². The Labute approximate surface area is 202 Å². The summed E-state index contributed by atoms with van der Waals surface area (Å²) in [5, 5.41) is 6.54. The number of hydrogen-bond acceptors (Lipinski definition) is 4. The van der Waals surface area contributed by atoms with E-state index < -0.39 is 0 Å². The predicted octanol–water partition coefficient (Wildman–Crippen LogP) is 4.50. The molecule has 31 heavy (non-hydrogen) atoms. The fourth-order valence-corrected chi connectivity index (χ4v) is 2.86. The van der Waals surface area contributed by atoms with Crippen LogP contribution in [0.2, 0.25) is 0 Å². The molecule has 0 radical (unpaired) electrons. The van der Waals surface area contributed by atoms with E-state index in [4.69, 9.17) is 9.47 Å². The van der Waals surface area contributed by atoms with Crippen molar-refractivity contribution in [2.45, 2.75) is 26.4 Å². The number of nitrogens with one attached hydrogen (secondary N) is 2. The van der Waals surface area contributed by atoms with E-state index in [1.807, 2.05) is 56.3 Å². The molecule has 0 fully saturated rings. The summed E-state index contributed by atoms with van der Waals surface area (Å²) in [4.78, 5) is 6.59. The Morgan fingerprint density at radius 1 is 1.13 bits per heavy atom. The first-order valence-electron chi connectivity index (χ1n) is 10.2. The van der Waals surface area contributed by atoms with E-state index in [2.05, 4.69) is 15.6 Å². The van der Waals surface area contributed by atoms with Crippen molar-refractivity contribution in [3.05, 3.63) is 59.4 Å². The third kappa shape index (κ3) is 10.3. The van der Waals surface area contributed by atoms with Crippen molar-refractivity contribution < 1.29 is 13.9 Å². The number of nitrogens with zero attached hydrogens (tertiary/aromatic N) is 2. The van der Waals surface area contributed by atoms with Gasteiger partial charge in [0, 0.05) is 50.5 Å². The lowest BCUT2D eigenvalue weighted by molar-refractivity contribution is 0.172. The molecule has 0 aliphatic carbocycles. The zero-order valence-corrected chi connectivity index (χ0v) is 21.1. The zero-order valence-electron chi connectivity index (χ0n) is 18.8. The van der Waals surface area contributed by atoms with E-state index in [-0.39, 0.29) is 29.8 Å². The number of guanidine groups is 1. The highest BCUT2D eigenvalue weighted by Gasteiger charge is 2.06. The average molecular weight is 544 g/mol. The van der Waals surface area contributed by atoms with Crippen LogP contribution in [-0.2, 0) is 17.8 Å². The van der Waals surface area contributed by atoms with Crippen LogP contribution in [0.3, 0.4) is 0 Å². The van der Waals surface area contributed by atoms with Crippen molar-refractivity contribution in [2.75, 3.05) is 46.3 Å². The van der Waals surface area contributed by atoms with Crippen LogP contribution in [0, 0.1) is 5.82 Å². The van der Waals surface area contributed by atoms with Crippen LogP contribution in [0.5, 0.6) is 5.75 Å². The van der Waals surface area contributed by atoms with Gasteiger partial charge in [-0.05, 0) is 50.8 Å². The molecule has 0 amide bonds. The summed E-state index contributed by atoms with van der Waals surface area (Å²) in [6.45, 7) is 5.02. The van der Waals surface area contributed by atoms with Gasteiger partial charge in [0.15, 0.2) is 5.96 Å². The lowest BCUT2D eigenvalue weighted by Crippen LogP contribution is -2.30. The summed E-state index contributed by atoms with van der Waals surface area (Å²) in [6, 6.07) is 12.9. The first-order chi connectivity index (χ1) is 14.5. The van der Waals surface area contributed by atoms with E-state index in [1.54, 1.807) is 13.2 Å². The summed E-state index contributed by atoms with van der Waals surface area (Å²) in [5.41, 5.74) is 2.51. The summed E-state index contributed by atoms with van der Waals surface area (Å²) in [5.74, 6) is 1.26. The van der Waals surface area contributed by atoms with Gasteiger partial charge in [0.05, 0.1) is 13.2 Å². The molecule has 0 saturated carbocycles. The lowest BCUT2D eigenvalue weighted by atomic mass is 10.1. The van der Waals surface area contributed by atoms with Crippen LogP contribution in [0.1, 0.15) is 24.5 Å². The molecule has 0 unspecified atom stereocenters. The van der Waals surface area contributed by atoms with Gasteiger partial charge in [0.2, 0.25) is 0 Å². The van der Waals surface area contributed by atoms with E-state index in [9.17, 15) is 4.39 Å². The minimum absolute atomic E-state index is 0. The smallest absolute Gasteiger partial charge is 0.196 e. The molecule has 2 aromatic carbocycles. The third-order valence-corrected chi connectivity index (χ3v) is 4.22. The van der Waals surface area contributed by atoms with Crippen molar-refractivity contribution in [3.63, 3.8) is 0 Å². The van der Waals surface area contributed by atoms with Crippen LogP contribution in [0.4, 0.5) is 10.1 Å². The molecule has 0 aliphatic rings. The lowest BCUT2D eigenvalue weighted by Gasteiger charge is -2.14. The van der Waals surface area contributed by atoms with Crippen LogP contribution in [-0.4, -0.2) is 51.8 Å². The van der Waals surface area contributed by atoms with Gasteiger partial charge in [0.25, 0.3) is 0 Å². The Balaban J connectivity index is 0.00000480. The first kappa shape index (κ1) is 27.1. The maximum absolute atomic E-state index is 14.0. The van der Waals surface area contributed by atoms with E-state index >= 15 is 0 Å². The van der Waals surface area contributed by atoms with Crippen LogP contribution >= 0.6 is 24.0 Å². The SMILES string of the molecule is CCNC(=NCc1ccc(F)c(CN(C)C)c1)Nc1cccc(OCCCOC)c1.I. The van der Waals surface area contributed by atoms with Gasteiger partial charge in [-0.3, -0.25) is 0 Å². The molecule has 172 valence electrons. The van der Waals surface area contributed by atoms with E-state index in [1.165, 1.54) is 6.07 Å². The summed E-state index contributed by atoms with van der Waals surface area (Å²) in [7, 11) is 5.53. The second-order valence-electron chi connectivity index (χ2n) is 7.21. The van der Waals surface area contributed by atoms with Crippen molar-refractivity contribution >= 4 is 35.6 Å². The van der Waals surface area contributed by atoms with Crippen molar-refractivity contribution in [1.29, 1.82) is 0 Å². The highest BCUT2D eigenvalue weighted by molar-refractivity contribution is 14.0. The average Bonchev–Trinajstić information content (AvgIpc) is 2.72. The molecule has 0 heterocycles. The molecule has 0 saturated heterocycles. The second-order valence-corrected chi connectivity index (χ2v) is 7.21. The number of aliphatic imine (C=N–C) groups is 1. The molecule has 0 atom stereocenters. The van der Waals surface area contributed by atoms with Gasteiger partial charge in [0.1, 0.15) is 11.6 Å². The number of rotatable bonds is 11. The van der Waals surface area contributed by atoms with Crippen LogP contribution in [0.25, 0.3) is 0 Å². The molecular weight excluding hydrogens is 510 g/mol. The molecule has 8 heteroatoms. The predicted molar refractivity (Wildman–Crippen MR) is 136 cm³/mol. The molecule has 2 N–H and O–H groups in total. The minimum Gasteiger partial charge on any atom is -0.493 e. The Hall–Kier alpha value is -1.91. The molecule has 6 nitrogen and oxygen atoms in total. The molecule has 0 bridgehead atoms. The topological polar surface area (TPSA) is 58.1 Å². The van der Waals surface area contributed by atoms with Crippen molar-refractivity contribution in [1.82, 2.24) is 10.2 Å². The first-order valence-corrected chi connectivity index (χ1v) is 10.2. The monoisotopic (exact) mass is 544 g/mol. The number of hydrogen-bond donors (Lipinski definition) is 2. The van der Waals surface area contributed by atoms with E-state index in [0.29, 0.717) is 37.8 Å². The van der Waals surface area contributed by atoms with Gasteiger partial charge in [-0.25, -0.2) is 9.38 Å². The normalized spacial score (nSPS) is 11.2. The molecule has 0 aromatic heterocycles. The quantitative estimate of drug-likeness (QED) is 0.189. The minimum atomic E-state index is -0.191. The maximum Gasteiger partial charge on any atom is 0.196 e. The molecule has 0 aliphatic heterocycles. The van der Waals surface area contributed by atoms with Gasteiger partial charge in [-0.2, -0.15) is 0 Å². The summed E-state index contributed by atoms with van der Waals surface area (Å²) >= 11 is 0. The van der Waals surface area contributed by atoms with Crippen LogP contribution < -0.4 is 15.4 Å². The summed E-state index contributed by atoms with van der Waals surface area (Å²) < 4.78 is 24.8. The highest BCUT2D eigenvalue weighted by Crippen LogP contribution is 2.18. The fourth-order valence-electron chi connectivity index (χ4n) is 2.86. The largest absolute Gasteiger partial charge is 0.493 e. The van der Waals surface area contributed by atoms with Crippen LogP contribution in [0.15, 0.2) is 47.5 Å². The standard InChI is InChI=1S/C23H33FN4O2.HI/c1-5-25-23(26-16-18-10-11-22(24)19(14-18)17-28(2)3)27-20-8-6-9-21(15-20)30-13-7-12-29-4;/h6,8-11,14-15H,5,7,12-13,16-17H2,1-4H3,(H2,25,26,27);1H. The zero-order chi connectivity index (χ0) is 21.8. The Bertz CT molecular complexity index is 818. The fraction of sp³-hybridized carbons (Fsp3) is 0.435. The number of benzene rings is 2. The summed E-state index contributed by atoms with van der Waals surface area (Å²) in [6.07, 6.45) is 0.839. The van der Waals surface area contributed by atoms with Crippen molar-refractivity contribution in [2.24, 2.45) is 4.99 Å². The maximum atomic E-state index is 14.0. The third-order valence-electron chi connectivity index (χ3n) is 4.22. The number of halogens is 2. The molecule has 0 spiro atoms. The second kappa shape index (κ2) is 15.0. The highest BCUT2D eigenvalue weighted by atomic mass is 127. The van der Waals surface area contributed by atoms with Gasteiger partial charge in [-0.1, -0.05) is 12.1 Å². The number of ether oxygens (including phenoxy) is 2.